The summed E-state index contributed by atoms with van der Waals surface area (Å²) in [5.41, 5.74) is 6.53. The van der Waals surface area contributed by atoms with E-state index in [0.29, 0.717) is 16.7 Å². The number of rotatable bonds is 7. The van der Waals surface area contributed by atoms with Crippen molar-refractivity contribution in [1.29, 1.82) is 0 Å². The number of nitrogens with one attached hydrogen (secondary N) is 1. The highest BCUT2D eigenvalue weighted by Crippen LogP contribution is 2.26. The van der Waals surface area contributed by atoms with E-state index in [2.05, 4.69) is 18.6 Å². The zero-order valence-electron chi connectivity index (χ0n) is 12.1. The highest BCUT2D eigenvalue weighted by atomic mass is 32.2. The molecule has 0 saturated carbocycles. The van der Waals surface area contributed by atoms with Crippen LogP contribution in [0.5, 0.6) is 0 Å². The van der Waals surface area contributed by atoms with E-state index in [-0.39, 0.29) is 6.04 Å². The number of aryl methyl sites for hydroxylation is 1. The second-order valence-electron chi connectivity index (χ2n) is 5.15. The van der Waals surface area contributed by atoms with Crippen LogP contribution < -0.4 is 10.5 Å². The molecular formula is C13H24N2O2S2. The van der Waals surface area contributed by atoms with Crippen molar-refractivity contribution >= 4 is 21.4 Å². The molecule has 0 amide bonds. The van der Waals surface area contributed by atoms with Crippen molar-refractivity contribution in [3.05, 3.63) is 16.5 Å². The van der Waals surface area contributed by atoms with Gasteiger partial charge < -0.3 is 5.73 Å². The Kier molecular flexibility index (Phi) is 5.98. The quantitative estimate of drug-likeness (QED) is 0.813. The fourth-order valence-electron chi connectivity index (χ4n) is 1.97. The topological polar surface area (TPSA) is 72.2 Å². The average molecular weight is 304 g/mol. The number of hydrogen-bond acceptors (Lipinski definition) is 4. The molecule has 0 aliphatic rings. The van der Waals surface area contributed by atoms with Crippen LogP contribution >= 0.6 is 11.3 Å². The lowest BCUT2D eigenvalue weighted by Crippen LogP contribution is -2.33. The van der Waals surface area contributed by atoms with Gasteiger partial charge in [-0.05, 0) is 37.8 Å². The van der Waals surface area contributed by atoms with Crippen molar-refractivity contribution < 1.29 is 8.42 Å². The first kappa shape index (κ1) is 16.6. The summed E-state index contributed by atoms with van der Waals surface area (Å²) in [5.74, 6) is 0.516. The van der Waals surface area contributed by atoms with E-state index in [9.17, 15) is 8.42 Å². The Labute approximate surface area is 120 Å². The molecule has 0 bridgehead atoms. The molecule has 110 valence electrons. The van der Waals surface area contributed by atoms with Gasteiger partial charge in [-0.1, -0.05) is 20.3 Å². The Hall–Kier alpha value is -0.430. The fourth-order valence-corrected chi connectivity index (χ4v) is 4.71. The molecule has 0 saturated heterocycles. The summed E-state index contributed by atoms with van der Waals surface area (Å²) in [4.78, 5) is 0.926. The van der Waals surface area contributed by atoms with Crippen molar-refractivity contribution in [3.63, 3.8) is 0 Å². The lowest BCUT2D eigenvalue weighted by molar-refractivity contribution is 0.446. The van der Waals surface area contributed by atoms with Crippen LogP contribution in [0.25, 0.3) is 0 Å². The molecule has 0 radical (unpaired) electrons. The van der Waals surface area contributed by atoms with Gasteiger partial charge in [-0.2, -0.15) is 0 Å². The maximum Gasteiger partial charge on any atom is 0.250 e. The number of hydrogen-bond donors (Lipinski definition) is 2. The number of thiophene rings is 1. The molecule has 0 aliphatic carbocycles. The van der Waals surface area contributed by atoms with E-state index in [1.165, 1.54) is 11.3 Å². The van der Waals surface area contributed by atoms with Crippen LogP contribution in [0.2, 0.25) is 0 Å². The van der Waals surface area contributed by atoms with Crippen LogP contribution in [0, 0.1) is 12.8 Å². The van der Waals surface area contributed by atoms with Gasteiger partial charge in [0, 0.05) is 17.5 Å². The minimum Gasteiger partial charge on any atom is -0.326 e. The SMILES string of the molecule is CCC(C)CC(C)NS(=O)(=O)c1cc(C)c(CN)s1. The largest absolute Gasteiger partial charge is 0.326 e. The predicted molar refractivity (Wildman–Crippen MR) is 80.8 cm³/mol. The molecular weight excluding hydrogens is 280 g/mol. The van der Waals surface area contributed by atoms with Gasteiger partial charge in [0.15, 0.2) is 0 Å². The van der Waals surface area contributed by atoms with Crippen LogP contribution in [0.3, 0.4) is 0 Å². The highest BCUT2D eigenvalue weighted by molar-refractivity contribution is 7.91. The Bertz CT molecular complexity index is 509. The minimum atomic E-state index is -3.41. The van der Waals surface area contributed by atoms with E-state index in [1.807, 2.05) is 13.8 Å². The first-order valence-corrected chi connectivity index (χ1v) is 8.91. The lowest BCUT2D eigenvalue weighted by atomic mass is 10.0. The fraction of sp³-hybridized carbons (Fsp3) is 0.692. The van der Waals surface area contributed by atoms with Gasteiger partial charge in [-0.25, -0.2) is 13.1 Å². The molecule has 1 aromatic heterocycles. The third kappa shape index (κ3) is 4.56. The zero-order chi connectivity index (χ0) is 14.6. The molecule has 0 aliphatic heterocycles. The molecule has 19 heavy (non-hydrogen) atoms. The third-order valence-electron chi connectivity index (χ3n) is 3.26. The van der Waals surface area contributed by atoms with Crippen molar-refractivity contribution in [2.24, 2.45) is 11.7 Å². The van der Waals surface area contributed by atoms with Gasteiger partial charge >= 0.3 is 0 Å². The maximum atomic E-state index is 12.3. The van der Waals surface area contributed by atoms with Crippen LogP contribution in [0.1, 0.15) is 44.1 Å². The third-order valence-corrected chi connectivity index (χ3v) is 6.58. The Balaban J connectivity index is 2.80. The molecule has 1 rings (SSSR count). The van der Waals surface area contributed by atoms with Gasteiger partial charge in [0.25, 0.3) is 0 Å². The van der Waals surface area contributed by atoms with E-state index < -0.39 is 10.0 Å². The van der Waals surface area contributed by atoms with Gasteiger partial charge in [0.05, 0.1) is 0 Å². The molecule has 0 aromatic carbocycles. The first-order chi connectivity index (χ1) is 8.80. The number of nitrogens with two attached hydrogens (primary N) is 1. The Morgan fingerprint density at radius 3 is 2.53 bits per heavy atom. The van der Waals surface area contributed by atoms with Crippen LogP contribution in [0.15, 0.2) is 10.3 Å². The van der Waals surface area contributed by atoms with Gasteiger partial charge in [-0.3, -0.25) is 0 Å². The molecule has 4 nitrogen and oxygen atoms in total. The van der Waals surface area contributed by atoms with E-state index >= 15 is 0 Å². The summed E-state index contributed by atoms with van der Waals surface area (Å²) < 4.78 is 27.6. The summed E-state index contributed by atoms with van der Waals surface area (Å²) in [6.45, 7) is 8.43. The second kappa shape index (κ2) is 6.83. The molecule has 3 N–H and O–H groups in total. The summed E-state index contributed by atoms with van der Waals surface area (Å²) >= 11 is 1.26. The smallest absolute Gasteiger partial charge is 0.250 e. The van der Waals surface area contributed by atoms with Crippen molar-refractivity contribution in [1.82, 2.24) is 4.72 Å². The zero-order valence-corrected chi connectivity index (χ0v) is 13.7. The summed E-state index contributed by atoms with van der Waals surface area (Å²) in [6, 6.07) is 1.65. The first-order valence-electron chi connectivity index (χ1n) is 6.61. The number of sulfonamides is 1. The van der Waals surface area contributed by atoms with E-state index in [0.717, 1.165) is 23.3 Å². The van der Waals surface area contributed by atoms with Gasteiger partial charge in [-0.15, -0.1) is 11.3 Å². The van der Waals surface area contributed by atoms with E-state index in [4.69, 9.17) is 5.73 Å². The van der Waals surface area contributed by atoms with Crippen molar-refractivity contribution in [2.75, 3.05) is 0 Å². The molecule has 0 spiro atoms. The minimum absolute atomic E-state index is 0.0521. The van der Waals surface area contributed by atoms with Gasteiger partial charge in [0.1, 0.15) is 4.21 Å². The molecule has 1 aromatic rings. The standard InChI is InChI=1S/C13H24N2O2S2/c1-5-9(2)6-11(4)15-19(16,17)13-7-10(3)12(8-14)18-13/h7,9,11,15H,5-6,8,14H2,1-4H3. The molecule has 0 fully saturated rings. The molecule has 2 atom stereocenters. The molecule has 1 heterocycles. The normalized spacial score (nSPS) is 15.4. The highest BCUT2D eigenvalue weighted by Gasteiger charge is 2.21. The lowest BCUT2D eigenvalue weighted by Gasteiger charge is -2.16. The van der Waals surface area contributed by atoms with Crippen LogP contribution in [-0.2, 0) is 16.6 Å². The van der Waals surface area contributed by atoms with Crippen LogP contribution in [0.4, 0.5) is 0 Å². The summed E-state index contributed by atoms with van der Waals surface area (Å²) in [6.07, 6.45) is 1.91. The second-order valence-corrected chi connectivity index (χ2v) is 8.22. The van der Waals surface area contributed by atoms with E-state index in [1.54, 1.807) is 6.07 Å². The summed E-state index contributed by atoms with van der Waals surface area (Å²) in [5, 5.41) is 0. The van der Waals surface area contributed by atoms with Crippen LogP contribution in [-0.4, -0.2) is 14.5 Å². The molecule has 6 heteroatoms. The molecule has 2 unspecified atom stereocenters. The predicted octanol–water partition coefficient (Wildman–Crippen LogP) is 2.62. The van der Waals surface area contributed by atoms with Crippen molar-refractivity contribution in [3.8, 4) is 0 Å². The summed E-state index contributed by atoms with van der Waals surface area (Å²) in [7, 11) is -3.41. The average Bonchev–Trinajstić information content (AvgIpc) is 2.70. The maximum absolute atomic E-state index is 12.3. The van der Waals surface area contributed by atoms with Crippen molar-refractivity contribution in [2.45, 2.75) is 57.3 Å². The monoisotopic (exact) mass is 304 g/mol. The van der Waals surface area contributed by atoms with Gasteiger partial charge in [0.2, 0.25) is 10.0 Å². The Morgan fingerprint density at radius 2 is 2.05 bits per heavy atom. The Morgan fingerprint density at radius 1 is 1.42 bits per heavy atom.